The van der Waals surface area contributed by atoms with Crippen molar-refractivity contribution in [3.8, 4) is 17.2 Å². The van der Waals surface area contributed by atoms with Gasteiger partial charge < -0.3 is 20.5 Å². The van der Waals surface area contributed by atoms with Gasteiger partial charge in [0.25, 0.3) is 5.91 Å². The zero-order chi connectivity index (χ0) is 19.2. The van der Waals surface area contributed by atoms with Crippen LogP contribution in [0.25, 0.3) is 0 Å². The highest BCUT2D eigenvalue weighted by atomic mass is 16.5. The first-order valence-electron chi connectivity index (χ1n) is 8.19. The molecule has 0 fully saturated rings. The zero-order valence-corrected chi connectivity index (χ0v) is 14.6. The summed E-state index contributed by atoms with van der Waals surface area (Å²) in [6, 6.07) is 20.8. The second kappa shape index (κ2) is 8.05. The van der Waals surface area contributed by atoms with Gasteiger partial charge in [0.05, 0.1) is 12.7 Å². The molecule has 6 heteroatoms. The summed E-state index contributed by atoms with van der Waals surface area (Å²) < 4.78 is 10.9. The summed E-state index contributed by atoms with van der Waals surface area (Å²) >= 11 is 0. The number of hydrogen-bond acceptors (Lipinski definition) is 4. The van der Waals surface area contributed by atoms with E-state index in [9.17, 15) is 9.59 Å². The average Bonchev–Trinajstić information content (AvgIpc) is 2.69. The maximum atomic E-state index is 12.6. The van der Waals surface area contributed by atoms with E-state index in [1.165, 1.54) is 25.3 Å². The number of nitrogens with two attached hydrogens (primary N) is 1. The fraction of sp³-hybridized carbons (Fsp3) is 0.0476. The molecule has 0 heterocycles. The minimum absolute atomic E-state index is 0.221. The molecule has 0 saturated carbocycles. The van der Waals surface area contributed by atoms with E-state index in [2.05, 4.69) is 5.32 Å². The van der Waals surface area contributed by atoms with Crippen molar-refractivity contribution in [2.75, 3.05) is 12.4 Å². The molecule has 3 rings (SSSR count). The number of benzene rings is 3. The fourth-order valence-corrected chi connectivity index (χ4v) is 2.47. The van der Waals surface area contributed by atoms with E-state index in [1.54, 1.807) is 24.3 Å². The van der Waals surface area contributed by atoms with Crippen LogP contribution in [0.1, 0.15) is 20.7 Å². The van der Waals surface area contributed by atoms with Crippen molar-refractivity contribution in [3.63, 3.8) is 0 Å². The van der Waals surface area contributed by atoms with Gasteiger partial charge in [-0.3, -0.25) is 9.59 Å². The van der Waals surface area contributed by atoms with Crippen LogP contribution in [0.3, 0.4) is 0 Å². The molecule has 0 atom stereocenters. The predicted molar refractivity (Wildman–Crippen MR) is 102 cm³/mol. The number of nitrogens with one attached hydrogen (secondary N) is 1. The number of ether oxygens (including phenoxy) is 2. The molecule has 3 N–H and O–H groups in total. The Morgan fingerprint density at radius 2 is 1.56 bits per heavy atom. The third kappa shape index (κ3) is 4.43. The van der Waals surface area contributed by atoms with Gasteiger partial charge in [0.1, 0.15) is 17.2 Å². The highest BCUT2D eigenvalue weighted by Gasteiger charge is 2.15. The topological polar surface area (TPSA) is 90.7 Å². The number of carbonyl (C=O) groups excluding carboxylic acids is 2. The van der Waals surface area contributed by atoms with Crippen LogP contribution in [0.4, 0.5) is 5.69 Å². The van der Waals surface area contributed by atoms with Crippen LogP contribution in [-0.4, -0.2) is 18.9 Å². The number of rotatable bonds is 6. The molecular weight excluding hydrogens is 344 g/mol. The maximum Gasteiger partial charge on any atom is 0.259 e. The Morgan fingerprint density at radius 3 is 2.19 bits per heavy atom. The van der Waals surface area contributed by atoms with Gasteiger partial charge in [-0.1, -0.05) is 18.2 Å². The molecule has 2 amide bonds. The summed E-state index contributed by atoms with van der Waals surface area (Å²) in [6.07, 6.45) is 0. The number of anilines is 1. The minimum Gasteiger partial charge on any atom is -0.496 e. The van der Waals surface area contributed by atoms with E-state index >= 15 is 0 Å². The van der Waals surface area contributed by atoms with Crippen LogP contribution in [0.15, 0.2) is 72.8 Å². The van der Waals surface area contributed by atoms with Gasteiger partial charge in [-0.05, 0) is 54.6 Å². The van der Waals surface area contributed by atoms with Gasteiger partial charge in [0.2, 0.25) is 5.91 Å². The SMILES string of the molecule is COc1ccc(C(N)=O)cc1C(=O)Nc1ccc(Oc2ccccc2)cc1. The van der Waals surface area contributed by atoms with Crippen molar-refractivity contribution in [3.05, 3.63) is 83.9 Å². The second-order valence-corrected chi connectivity index (χ2v) is 5.67. The molecule has 0 aromatic heterocycles. The van der Waals surface area contributed by atoms with Gasteiger partial charge in [0.15, 0.2) is 0 Å². The van der Waals surface area contributed by atoms with Gasteiger partial charge in [-0.15, -0.1) is 0 Å². The fourth-order valence-electron chi connectivity index (χ4n) is 2.47. The monoisotopic (exact) mass is 362 g/mol. The lowest BCUT2D eigenvalue weighted by molar-refractivity contribution is 0.1000. The van der Waals surface area contributed by atoms with E-state index in [0.29, 0.717) is 17.2 Å². The molecule has 0 unspecified atom stereocenters. The molecule has 0 bridgehead atoms. The van der Waals surface area contributed by atoms with Gasteiger partial charge in [-0.25, -0.2) is 0 Å². The minimum atomic E-state index is -0.617. The zero-order valence-electron chi connectivity index (χ0n) is 14.6. The summed E-state index contributed by atoms with van der Waals surface area (Å²) in [4.78, 5) is 23.9. The first-order chi connectivity index (χ1) is 13.1. The van der Waals surface area contributed by atoms with Crippen LogP contribution in [0.2, 0.25) is 0 Å². The van der Waals surface area contributed by atoms with Gasteiger partial charge >= 0.3 is 0 Å². The van der Waals surface area contributed by atoms with Crippen LogP contribution in [0.5, 0.6) is 17.2 Å². The van der Waals surface area contributed by atoms with Crippen LogP contribution in [0, 0.1) is 0 Å². The Morgan fingerprint density at radius 1 is 0.889 bits per heavy atom. The van der Waals surface area contributed by atoms with Crippen molar-refractivity contribution in [2.24, 2.45) is 5.73 Å². The Bertz CT molecular complexity index is 954. The molecule has 3 aromatic rings. The van der Waals surface area contributed by atoms with Crippen molar-refractivity contribution in [2.45, 2.75) is 0 Å². The number of carbonyl (C=O) groups is 2. The van der Waals surface area contributed by atoms with Crippen LogP contribution < -0.4 is 20.5 Å². The standard InChI is InChI=1S/C21H18N2O4/c1-26-19-12-7-14(20(22)24)13-18(19)21(25)23-15-8-10-17(11-9-15)27-16-5-3-2-4-6-16/h2-13H,1H3,(H2,22,24)(H,23,25). The normalized spacial score (nSPS) is 10.1. The van der Waals surface area contributed by atoms with Crippen molar-refractivity contribution < 1.29 is 19.1 Å². The second-order valence-electron chi connectivity index (χ2n) is 5.67. The summed E-state index contributed by atoms with van der Waals surface area (Å²) in [5.41, 5.74) is 6.31. The average molecular weight is 362 g/mol. The molecule has 0 saturated heterocycles. The molecule has 3 aromatic carbocycles. The Labute approximate surface area is 156 Å². The van der Waals surface area contributed by atoms with Crippen molar-refractivity contribution in [1.82, 2.24) is 0 Å². The quantitative estimate of drug-likeness (QED) is 0.697. The number of para-hydroxylation sites is 1. The number of amides is 2. The summed E-state index contributed by atoms with van der Waals surface area (Å²) in [7, 11) is 1.45. The maximum absolute atomic E-state index is 12.6. The molecule has 0 aliphatic rings. The third-order valence-corrected chi connectivity index (χ3v) is 3.82. The van der Waals surface area contributed by atoms with E-state index in [0.717, 1.165) is 5.75 Å². The Kier molecular flexibility index (Phi) is 5.37. The Hall–Kier alpha value is -3.80. The molecule has 6 nitrogen and oxygen atoms in total. The molecule has 0 spiro atoms. The first-order valence-corrected chi connectivity index (χ1v) is 8.19. The van der Waals surface area contributed by atoms with Gasteiger partial charge in [-0.2, -0.15) is 0 Å². The lowest BCUT2D eigenvalue weighted by atomic mass is 10.1. The Balaban J connectivity index is 1.74. The van der Waals surface area contributed by atoms with Crippen molar-refractivity contribution in [1.29, 1.82) is 0 Å². The molecule has 0 radical (unpaired) electrons. The summed E-state index contributed by atoms with van der Waals surface area (Å²) in [5, 5.41) is 2.76. The van der Waals surface area contributed by atoms with E-state index in [1.807, 2.05) is 30.3 Å². The summed E-state index contributed by atoms with van der Waals surface area (Å²) in [6.45, 7) is 0. The van der Waals surface area contributed by atoms with Crippen molar-refractivity contribution >= 4 is 17.5 Å². The molecular formula is C21H18N2O4. The highest BCUT2D eigenvalue weighted by molar-refractivity contribution is 6.07. The van der Waals surface area contributed by atoms with Crippen LogP contribution >= 0.6 is 0 Å². The van der Waals surface area contributed by atoms with E-state index < -0.39 is 11.8 Å². The predicted octanol–water partition coefficient (Wildman–Crippen LogP) is 3.84. The third-order valence-electron chi connectivity index (χ3n) is 3.82. The lowest BCUT2D eigenvalue weighted by Crippen LogP contribution is -2.16. The van der Waals surface area contributed by atoms with E-state index in [4.69, 9.17) is 15.2 Å². The highest BCUT2D eigenvalue weighted by Crippen LogP contribution is 2.24. The first kappa shape index (κ1) is 18.0. The lowest BCUT2D eigenvalue weighted by Gasteiger charge is -2.11. The molecule has 0 aliphatic carbocycles. The number of hydrogen-bond donors (Lipinski definition) is 2. The van der Waals surface area contributed by atoms with Gasteiger partial charge in [0, 0.05) is 11.3 Å². The number of methoxy groups -OCH3 is 1. The number of primary amides is 1. The molecule has 136 valence electrons. The smallest absolute Gasteiger partial charge is 0.259 e. The van der Waals surface area contributed by atoms with E-state index in [-0.39, 0.29) is 11.1 Å². The summed E-state index contributed by atoms with van der Waals surface area (Å²) in [5.74, 6) is 0.692. The molecule has 27 heavy (non-hydrogen) atoms. The van der Waals surface area contributed by atoms with Crippen LogP contribution in [-0.2, 0) is 0 Å². The molecule has 0 aliphatic heterocycles. The largest absolute Gasteiger partial charge is 0.496 e.